The van der Waals surface area contributed by atoms with E-state index < -0.39 is 0 Å². The van der Waals surface area contributed by atoms with E-state index in [9.17, 15) is 0 Å². The van der Waals surface area contributed by atoms with E-state index in [1.807, 2.05) is 12.3 Å². The summed E-state index contributed by atoms with van der Waals surface area (Å²) in [5.41, 5.74) is 10.7. The van der Waals surface area contributed by atoms with Gasteiger partial charge in [-0.3, -0.25) is 4.98 Å². The van der Waals surface area contributed by atoms with Crippen molar-refractivity contribution in [3.8, 4) is 11.1 Å². The number of aryl methyl sites for hydroxylation is 1. The van der Waals surface area contributed by atoms with Crippen LogP contribution in [-0.2, 0) is 17.6 Å². The van der Waals surface area contributed by atoms with Crippen LogP contribution >= 0.6 is 0 Å². The molecule has 0 unspecified atom stereocenters. The number of benzene rings is 1. The molecule has 2 aromatic rings. The van der Waals surface area contributed by atoms with Gasteiger partial charge in [-0.25, -0.2) is 4.99 Å². The predicted octanol–water partition coefficient (Wildman–Crippen LogP) is 2.71. The first kappa shape index (κ1) is 13.3. The molecule has 4 rings (SSSR count). The molecule has 1 atom stereocenters. The largest absolute Gasteiger partial charge is 0.463 e. The second-order valence-electron chi connectivity index (χ2n) is 6.22. The fourth-order valence-electron chi connectivity index (χ4n) is 3.52. The number of hydrogen-bond donors (Lipinski definition) is 1. The molecule has 0 fully saturated rings. The summed E-state index contributed by atoms with van der Waals surface area (Å²) in [5.74, 6) is 0. The summed E-state index contributed by atoms with van der Waals surface area (Å²) in [6.45, 7) is 0.607. The monoisotopic (exact) mass is 293 g/mol. The SMILES string of the molecule is NC1=N[C@@]2(CCCc3ccc(-c4cccnc4)cc3C2)CO1. The number of nitrogens with two attached hydrogens (primary N) is 1. The third kappa shape index (κ3) is 2.34. The van der Waals surface area contributed by atoms with Gasteiger partial charge in [-0.2, -0.15) is 0 Å². The zero-order valence-electron chi connectivity index (χ0n) is 12.5. The maximum atomic E-state index is 5.75. The summed E-state index contributed by atoms with van der Waals surface area (Å²) in [6.07, 6.45) is 7.86. The number of ether oxygens (including phenoxy) is 1. The van der Waals surface area contributed by atoms with E-state index in [1.165, 1.54) is 16.7 Å². The molecule has 1 aromatic heterocycles. The Morgan fingerprint density at radius 3 is 2.86 bits per heavy atom. The lowest BCUT2D eigenvalue weighted by molar-refractivity contribution is 0.241. The van der Waals surface area contributed by atoms with Gasteiger partial charge in [0, 0.05) is 18.8 Å². The van der Waals surface area contributed by atoms with Crippen LogP contribution in [0.25, 0.3) is 11.1 Å². The molecular formula is C18H19N3O. The molecule has 1 aliphatic heterocycles. The molecule has 0 radical (unpaired) electrons. The van der Waals surface area contributed by atoms with E-state index in [2.05, 4.69) is 34.2 Å². The Hall–Kier alpha value is -2.36. The molecule has 0 bridgehead atoms. The first-order valence-corrected chi connectivity index (χ1v) is 7.74. The number of amidine groups is 1. The van der Waals surface area contributed by atoms with Gasteiger partial charge in [0.25, 0.3) is 6.02 Å². The highest BCUT2D eigenvalue weighted by molar-refractivity contribution is 5.74. The van der Waals surface area contributed by atoms with Crippen molar-refractivity contribution in [3.05, 3.63) is 53.9 Å². The van der Waals surface area contributed by atoms with Gasteiger partial charge in [-0.15, -0.1) is 0 Å². The highest BCUT2D eigenvalue weighted by atomic mass is 16.5. The average molecular weight is 293 g/mol. The third-order valence-electron chi connectivity index (χ3n) is 4.64. The van der Waals surface area contributed by atoms with Crippen molar-refractivity contribution >= 4 is 6.02 Å². The van der Waals surface area contributed by atoms with Crippen LogP contribution in [0.3, 0.4) is 0 Å². The Labute approximate surface area is 130 Å². The van der Waals surface area contributed by atoms with Gasteiger partial charge < -0.3 is 10.5 Å². The Bertz CT molecular complexity index is 726. The lowest BCUT2D eigenvalue weighted by atomic mass is 9.89. The molecule has 2 N–H and O–H groups in total. The molecule has 0 amide bonds. The van der Waals surface area contributed by atoms with Gasteiger partial charge in [-0.1, -0.05) is 24.3 Å². The summed E-state index contributed by atoms with van der Waals surface area (Å²) in [7, 11) is 0. The molecule has 2 aliphatic rings. The normalized spacial score (nSPS) is 23.5. The quantitative estimate of drug-likeness (QED) is 0.879. The number of aliphatic imine (C=N–C) groups is 1. The minimum atomic E-state index is -0.164. The molecule has 1 aromatic carbocycles. The molecule has 112 valence electrons. The summed E-state index contributed by atoms with van der Waals surface area (Å²) >= 11 is 0. The van der Waals surface area contributed by atoms with Crippen molar-refractivity contribution in [1.29, 1.82) is 0 Å². The standard InChI is InChI=1S/C18H19N3O/c19-17-21-18(12-22-17)7-1-3-13-5-6-14(9-16(13)10-18)15-4-2-8-20-11-15/h2,4-6,8-9,11H,1,3,7,10,12H2,(H2,19,21)/t18-/m1/s1. The molecule has 22 heavy (non-hydrogen) atoms. The van der Waals surface area contributed by atoms with E-state index in [-0.39, 0.29) is 5.54 Å². The van der Waals surface area contributed by atoms with Gasteiger partial charge in [-0.05, 0) is 47.6 Å². The molecule has 2 heterocycles. The van der Waals surface area contributed by atoms with Crippen LogP contribution in [0.5, 0.6) is 0 Å². The smallest absolute Gasteiger partial charge is 0.282 e. The molecule has 1 spiro atoms. The van der Waals surface area contributed by atoms with Gasteiger partial charge in [0.2, 0.25) is 0 Å². The Balaban J connectivity index is 1.73. The van der Waals surface area contributed by atoms with E-state index in [0.717, 1.165) is 31.2 Å². The lowest BCUT2D eigenvalue weighted by Gasteiger charge is -2.22. The third-order valence-corrected chi connectivity index (χ3v) is 4.64. The number of fused-ring (bicyclic) bond motifs is 1. The number of rotatable bonds is 1. The molecule has 0 saturated carbocycles. The first-order valence-electron chi connectivity index (χ1n) is 7.74. The lowest BCUT2D eigenvalue weighted by Crippen LogP contribution is -2.30. The fraction of sp³-hybridized carbons (Fsp3) is 0.333. The maximum absolute atomic E-state index is 5.75. The molecule has 1 aliphatic carbocycles. The Morgan fingerprint density at radius 2 is 2.09 bits per heavy atom. The van der Waals surface area contributed by atoms with Crippen molar-refractivity contribution in [3.63, 3.8) is 0 Å². The van der Waals surface area contributed by atoms with Crippen LogP contribution in [0.1, 0.15) is 24.0 Å². The summed E-state index contributed by atoms with van der Waals surface area (Å²) in [4.78, 5) is 8.81. The van der Waals surface area contributed by atoms with Crippen LogP contribution < -0.4 is 5.73 Å². The zero-order chi connectivity index (χ0) is 15.0. The van der Waals surface area contributed by atoms with Crippen molar-refractivity contribution < 1.29 is 4.74 Å². The summed E-state index contributed by atoms with van der Waals surface area (Å²) < 4.78 is 5.45. The Morgan fingerprint density at radius 1 is 1.14 bits per heavy atom. The first-order chi connectivity index (χ1) is 10.7. The number of pyridine rings is 1. The van der Waals surface area contributed by atoms with E-state index in [4.69, 9.17) is 10.5 Å². The van der Waals surface area contributed by atoms with Crippen LogP contribution in [-0.4, -0.2) is 23.2 Å². The zero-order valence-corrected chi connectivity index (χ0v) is 12.5. The highest BCUT2D eigenvalue weighted by Crippen LogP contribution is 2.35. The summed E-state index contributed by atoms with van der Waals surface area (Å²) in [5, 5.41) is 0. The average Bonchev–Trinajstić information content (AvgIpc) is 2.80. The molecule has 0 saturated heterocycles. The van der Waals surface area contributed by atoms with E-state index in [1.54, 1.807) is 6.20 Å². The predicted molar refractivity (Wildman–Crippen MR) is 86.6 cm³/mol. The number of nitrogens with zero attached hydrogens (tertiary/aromatic N) is 2. The second-order valence-corrected chi connectivity index (χ2v) is 6.22. The van der Waals surface area contributed by atoms with Crippen LogP contribution in [0.15, 0.2) is 47.7 Å². The number of hydrogen-bond acceptors (Lipinski definition) is 4. The van der Waals surface area contributed by atoms with Gasteiger partial charge in [0.05, 0.1) is 0 Å². The van der Waals surface area contributed by atoms with Crippen LogP contribution in [0.2, 0.25) is 0 Å². The van der Waals surface area contributed by atoms with Crippen LogP contribution in [0.4, 0.5) is 0 Å². The molecule has 4 heteroatoms. The van der Waals surface area contributed by atoms with E-state index in [0.29, 0.717) is 12.6 Å². The van der Waals surface area contributed by atoms with Crippen molar-refractivity contribution in [1.82, 2.24) is 4.98 Å². The van der Waals surface area contributed by atoms with Gasteiger partial charge in [0.15, 0.2) is 0 Å². The minimum absolute atomic E-state index is 0.164. The van der Waals surface area contributed by atoms with Crippen molar-refractivity contribution in [2.75, 3.05) is 6.61 Å². The second kappa shape index (κ2) is 5.13. The minimum Gasteiger partial charge on any atom is -0.463 e. The fourth-order valence-corrected chi connectivity index (χ4v) is 3.52. The van der Waals surface area contributed by atoms with Gasteiger partial charge in [0.1, 0.15) is 12.1 Å². The Kier molecular flexibility index (Phi) is 3.10. The summed E-state index contributed by atoms with van der Waals surface area (Å²) in [6, 6.07) is 11.1. The van der Waals surface area contributed by atoms with E-state index >= 15 is 0 Å². The topological polar surface area (TPSA) is 60.5 Å². The van der Waals surface area contributed by atoms with Crippen molar-refractivity contribution in [2.24, 2.45) is 10.7 Å². The molecule has 4 nitrogen and oxygen atoms in total. The van der Waals surface area contributed by atoms with Crippen molar-refractivity contribution in [2.45, 2.75) is 31.2 Å². The van der Waals surface area contributed by atoms with Gasteiger partial charge >= 0.3 is 0 Å². The number of aromatic nitrogens is 1. The molecular weight excluding hydrogens is 274 g/mol. The van der Waals surface area contributed by atoms with Crippen LogP contribution in [0, 0.1) is 0 Å². The maximum Gasteiger partial charge on any atom is 0.282 e. The highest BCUT2D eigenvalue weighted by Gasteiger charge is 2.37.